The van der Waals surface area contributed by atoms with E-state index in [0.717, 1.165) is 0 Å². The Morgan fingerprint density at radius 1 is 1.63 bits per heavy atom. The first-order valence-corrected chi connectivity index (χ1v) is 6.81. The second-order valence-electron chi connectivity index (χ2n) is 4.98. The van der Waals surface area contributed by atoms with E-state index in [2.05, 4.69) is 4.98 Å². The summed E-state index contributed by atoms with van der Waals surface area (Å²) in [6.07, 6.45) is 4.74. The molecule has 0 saturated carbocycles. The van der Waals surface area contributed by atoms with E-state index in [4.69, 9.17) is 4.74 Å². The van der Waals surface area contributed by atoms with Crippen molar-refractivity contribution in [3.8, 4) is 0 Å². The topological polar surface area (TPSA) is 79.7 Å². The summed E-state index contributed by atoms with van der Waals surface area (Å²) in [7, 11) is 0. The summed E-state index contributed by atoms with van der Waals surface area (Å²) in [6.45, 7) is 0.348. The quantitative estimate of drug-likeness (QED) is 0.797. The smallest absolute Gasteiger partial charge is 0.310 e. The number of carbonyl (C=O) groups excluding carboxylic acids is 1. The zero-order chi connectivity index (χ0) is 13.2. The van der Waals surface area contributed by atoms with Crippen LogP contribution < -0.4 is 4.90 Å². The number of fused-ring (bicyclic) bond motifs is 1. The molecule has 4 heterocycles. The number of ether oxygens (including phenoxy) is 1. The molecular weight excluding hydrogens is 268 g/mol. The SMILES string of the molecule is O=C(O)C1C2C(=O)N(c3nccs3)C[C@]23C=C[C@H]1O3. The Bertz CT molecular complexity index is 599. The number of carboxylic acids is 1. The Kier molecular flexibility index (Phi) is 2.01. The van der Waals surface area contributed by atoms with Crippen LogP contribution in [0.2, 0.25) is 0 Å². The maximum absolute atomic E-state index is 12.5. The van der Waals surface area contributed by atoms with Gasteiger partial charge >= 0.3 is 5.97 Å². The molecule has 0 aromatic carbocycles. The van der Waals surface area contributed by atoms with Crippen LogP contribution in [0.25, 0.3) is 0 Å². The van der Waals surface area contributed by atoms with E-state index in [1.807, 2.05) is 6.08 Å². The maximum Gasteiger partial charge on any atom is 0.310 e. The number of amides is 1. The first kappa shape index (κ1) is 11.1. The van der Waals surface area contributed by atoms with Gasteiger partial charge in [-0.1, -0.05) is 12.2 Å². The minimum atomic E-state index is -0.976. The van der Waals surface area contributed by atoms with E-state index in [1.54, 1.807) is 17.7 Å². The summed E-state index contributed by atoms with van der Waals surface area (Å²) in [5.74, 6) is -2.60. The molecule has 0 aliphatic carbocycles. The van der Waals surface area contributed by atoms with Crippen molar-refractivity contribution in [3.05, 3.63) is 23.7 Å². The van der Waals surface area contributed by atoms with Crippen LogP contribution in [0, 0.1) is 11.8 Å². The minimum Gasteiger partial charge on any atom is -0.481 e. The molecule has 3 aliphatic rings. The summed E-state index contributed by atoms with van der Waals surface area (Å²) in [5, 5.41) is 11.7. The molecule has 19 heavy (non-hydrogen) atoms. The lowest BCUT2D eigenvalue weighted by atomic mass is 9.77. The van der Waals surface area contributed by atoms with E-state index in [1.165, 1.54) is 16.2 Å². The summed E-state index contributed by atoms with van der Waals surface area (Å²) >= 11 is 1.36. The van der Waals surface area contributed by atoms with Gasteiger partial charge in [-0.15, -0.1) is 11.3 Å². The fourth-order valence-corrected chi connectivity index (χ4v) is 3.94. The van der Waals surface area contributed by atoms with Gasteiger partial charge in [-0.2, -0.15) is 0 Å². The highest BCUT2D eigenvalue weighted by Crippen LogP contribution is 2.52. The van der Waals surface area contributed by atoms with E-state index in [9.17, 15) is 14.7 Å². The Morgan fingerprint density at radius 3 is 3.16 bits per heavy atom. The highest BCUT2D eigenvalue weighted by molar-refractivity contribution is 7.13. The lowest BCUT2D eigenvalue weighted by Gasteiger charge is -2.21. The molecular formula is C12H10N2O4S. The number of rotatable bonds is 2. The third-order valence-electron chi connectivity index (χ3n) is 4.04. The van der Waals surface area contributed by atoms with Gasteiger partial charge in [0.15, 0.2) is 5.13 Å². The van der Waals surface area contributed by atoms with Gasteiger partial charge in [-0.25, -0.2) is 4.98 Å². The molecule has 7 heteroatoms. The van der Waals surface area contributed by atoms with Crippen molar-refractivity contribution >= 4 is 28.3 Å². The molecule has 4 atom stereocenters. The van der Waals surface area contributed by atoms with Crippen LogP contribution >= 0.6 is 11.3 Å². The molecule has 1 N–H and O–H groups in total. The second-order valence-corrected chi connectivity index (χ2v) is 5.85. The molecule has 98 valence electrons. The number of thiazole rings is 1. The molecule has 0 radical (unpaired) electrons. The van der Waals surface area contributed by atoms with Crippen LogP contribution in [0.5, 0.6) is 0 Å². The summed E-state index contributed by atoms with van der Waals surface area (Å²) in [4.78, 5) is 29.5. The van der Waals surface area contributed by atoms with Crippen LogP contribution in [-0.2, 0) is 14.3 Å². The molecule has 2 fully saturated rings. The zero-order valence-corrected chi connectivity index (χ0v) is 10.5. The normalized spacial score (nSPS) is 39.1. The van der Waals surface area contributed by atoms with Crippen molar-refractivity contribution in [1.82, 2.24) is 4.98 Å². The molecule has 1 aromatic rings. The predicted molar refractivity (Wildman–Crippen MR) is 65.8 cm³/mol. The first-order chi connectivity index (χ1) is 9.12. The molecule has 2 bridgehead atoms. The van der Waals surface area contributed by atoms with Crippen molar-refractivity contribution < 1.29 is 19.4 Å². The lowest BCUT2D eigenvalue weighted by molar-refractivity contribution is -0.146. The number of hydrogen-bond donors (Lipinski definition) is 1. The van der Waals surface area contributed by atoms with Gasteiger partial charge in [0.2, 0.25) is 5.91 Å². The monoisotopic (exact) mass is 278 g/mol. The molecule has 6 nitrogen and oxygen atoms in total. The average Bonchev–Trinajstić information content (AvgIpc) is 3.09. The van der Waals surface area contributed by atoms with E-state index < -0.39 is 29.5 Å². The van der Waals surface area contributed by atoms with Gasteiger partial charge in [0.25, 0.3) is 0 Å². The van der Waals surface area contributed by atoms with Gasteiger partial charge in [0.1, 0.15) is 11.5 Å². The number of aromatic nitrogens is 1. The Hall–Kier alpha value is -1.73. The molecule has 1 amide bonds. The summed E-state index contributed by atoms with van der Waals surface area (Å²) < 4.78 is 5.78. The number of nitrogens with zero attached hydrogens (tertiary/aromatic N) is 2. The Balaban J connectivity index is 1.77. The standard InChI is InChI=1S/C12H10N2O4S/c15-9-8-7(10(16)17)6-1-2-12(8,18-6)5-14(9)11-13-3-4-19-11/h1-4,6-8H,5H2,(H,16,17)/t6-,7?,8?,12-/m1/s1. The first-order valence-electron chi connectivity index (χ1n) is 5.93. The van der Waals surface area contributed by atoms with Crippen LogP contribution in [-0.4, -0.2) is 40.2 Å². The number of carbonyl (C=O) groups is 2. The third kappa shape index (κ3) is 1.26. The minimum absolute atomic E-state index is 0.200. The predicted octanol–water partition coefficient (Wildman–Crippen LogP) is 0.514. The molecule has 2 unspecified atom stereocenters. The van der Waals surface area contributed by atoms with Crippen molar-refractivity contribution in [3.63, 3.8) is 0 Å². The van der Waals surface area contributed by atoms with Crippen molar-refractivity contribution in [2.45, 2.75) is 11.7 Å². The van der Waals surface area contributed by atoms with Crippen molar-refractivity contribution in [1.29, 1.82) is 0 Å². The number of aliphatic carboxylic acids is 1. The largest absolute Gasteiger partial charge is 0.481 e. The lowest BCUT2D eigenvalue weighted by Crippen LogP contribution is -2.39. The van der Waals surface area contributed by atoms with Gasteiger partial charge in [0.05, 0.1) is 18.6 Å². The van der Waals surface area contributed by atoms with E-state index in [0.29, 0.717) is 11.7 Å². The van der Waals surface area contributed by atoms with Gasteiger partial charge < -0.3 is 9.84 Å². The molecule has 4 rings (SSSR count). The second kappa shape index (κ2) is 3.43. The fourth-order valence-electron chi connectivity index (χ4n) is 3.29. The van der Waals surface area contributed by atoms with Crippen LogP contribution in [0.1, 0.15) is 0 Å². The van der Waals surface area contributed by atoms with Crippen LogP contribution in [0.3, 0.4) is 0 Å². The average molecular weight is 278 g/mol. The highest BCUT2D eigenvalue weighted by atomic mass is 32.1. The molecule has 1 spiro atoms. The Morgan fingerprint density at radius 2 is 2.47 bits per heavy atom. The van der Waals surface area contributed by atoms with Gasteiger partial charge in [0, 0.05) is 11.6 Å². The van der Waals surface area contributed by atoms with E-state index >= 15 is 0 Å². The van der Waals surface area contributed by atoms with Crippen LogP contribution in [0.15, 0.2) is 23.7 Å². The van der Waals surface area contributed by atoms with Crippen molar-refractivity contribution in [2.75, 3.05) is 11.4 Å². The summed E-state index contributed by atoms with van der Waals surface area (Å²) in [6, 6.07) is 0. The number of carboxylic acid groups (broad SMARTS) is 1. The maximum atomic E-state index is 12.5. The molecule has 2 saturated heterocycles. The fraction of sp³-hybridized carbons (Fsp3) is 0.417. The third-order valence-corrected chi connectivity index (χ3v) is 4.83. The van der Waals surface area contributed by atoms with Gasteiger partial charge in [-0.3, -0.25) is 14.5 Å². The van der Waals surface area contributed by atoms with E-state index in [-0.39, 0.29) is 5.91 Å². The highest BCUT2D eigenvalue weighted by Gasteiger charge is 2.67. The van der Waals surface area contributed by atoms with Crippen molar-refractivity contribution in [2.24, 2.45) is 11.8 Å². The number of hydrogen-bond acceptors (Lipinski definition) is 5. The zero-order valence-electron chi connectivity index (χ0n) is 9.72. The van der Waals surface area contributed by atoms with Crippen LogP contribution in [0.4, 0.5) is 5.13 Å². The number of anilines is 1. The molecule has 1 aromatic heterocycles. The Labute approximate surface area is 112 Å². The summed E-state index contributed by atoms with van der Waals surface area (Å²) in [5.41, 5.74) is -0.781. The van der Waals surface area contributed by atoms with Gasteiger partial charge in [-0.05, 0) is 0 Å². The molecule has 3 aliphatic heterocycles.